The number of halogens is 1. The molecule has 2 aromatic rings. The van der Waals surface area contributed by atoms with Gasteiger partial charge in [-0.3, -0.25) is 0 Å². The lowest BCUT2D eigenvalue weighted by Crippen LogP contribution is -2.12. The molecule has 3 heteroatoms. The van der Waals surface area contributed by atoms with Crippen molar-refractivity contribution < 1.29 is 0 Å². The number of H-pyrrole nitrogens is 1. The smallest absolute Gasteiger partial charge is 0.138 e. The van der Waals surface area contributed by atoms with Gasteiger partial charge < -0.3 is 4.98 Å². The van der Waals surface area contributed by atoms with Crippen molar-refractivity contribution in [1.82, 2.24) is 9.97 Å². The van der Waals surface area contributed by atoms with Gasteiger partial charge in [0.15, 0.2) is 0 Å². The van der Waals surface area contributed by atoms with Crippen LogP contribution in [0.5, 0.6) is 0 Å². The van der Waals surface area contributed by atoms with E-state index in [0.29, 0.717) is 5.88 Å². The van der Waals surface area contributed by atoms with Crippen molar-refractivity contribution in [2.24, 2.45) is 0 Å². The second kappa shape index (κ2) is 4.77. The van der Waals surface area contributed by atoms with Crippen LogP contribution < -0.4 is 0 Å². The number of aromatic amines is 1. The number of alkyl halides is 1. The lowest BCUT2D eigenvalue weighted by atomic mass is 9.83. The number of nitrogens with zero attached hydrogens (tertiary/aromatic N) is 1. The van der Waals surface area contributed by atoms with E-state index in [2.05, 4.69) is 48.9 Å². The first-order valence-electron chi connectivity index (χ1n) is 6.15. The van der Waals surface area contributed by atoms with E-state index in [1.54, 1.807) is 0 Å². The number of aromatic nitrogens is 2. The highest BCUT2D eigenvalue weighted by Crippen LogP contribution is 2.31. The van der Waals surface area contributed by atoms with Crippen LogP contribution in [0.1, 0.15) is 37.7 Å². The normalized spacial score (nSPS) is 11.8. The van der Waals surface area contributed by atoms with Gasteiger partial charge >= 0.3 is 0 Å². The zero-order valence-electron chi connectivity index (χ0n) is 11.3. The van der Waals surface area contributed by atoms with Crippen molar-refractivity contribution in [3.05, 3.63) is 41.2 Å². The summed E-state index contributed by atoms with van der Waals surface area (Å²) >= 11 is 5.88. The molecule has 96 valence electrons. The van der Waals surface area contributed by atoms with Gasteiger partial charge in [0.1, 0.15) is 5.82 Å². The summed E-state index contributed by atoms with van der Waals surface area (Å²) in [5.74, 6) is 1.36. The Labute approximate surface area is 113 Å². The molecule has 1 aromatic heterocycles. The van der Waals surface area contributed by atoms with E-state index in [4.69, 9.17) is 11.6 Å². The number of rotatable bonds is 2. The maximum atomic E-state index is 5.88. The first kappa shape index (κ1) is 13.2. The molecule has 1 aromatic carbocycles. The number of benzene rings is 1. The highest BCUT2D eigenvalue weighted by atomic mass is 35.5. The van der Waals surface area contributed by atoms with Gasteiger partial charge in [-0.1, -0.05) is 45.0 Å². The zero-order valence-corrected chi connectivity index (χ0v) is 12.1. The van der Waals surface area contributed by atoms with Gasteiger partial charge in [0.05, 0.1) is 11.6 Å². The summed E-state index contributed by atoms with van der Waals surface area (Å²) < 4.78 is 0. The molecule has 0 saturated heterocycles. The van der Waals surface area contributed by atoms with Crippen LogP contribution >= 0.6 is 11.6 Å². The fourth-order valence-electron chi connectivity index (χ4n) is 2.10. The van der Waals surface area contributed by atoms with Crippen LogP contribution in [-0.4, -0.2) is 9.97 Å². The molecule has 0 unspecified atom stereocenters. The SMILES string of the molecule is Cc1[nH]c(-c2ccccc2C(C)(C)C)nc1CCl. The topological polar surface area (TPSA) is 28.7 Å². The average molecular weight is 263 g/mol. The molecule has 0 aliphatic heterocycles. The Hall–Kier alpha value is -1.28. The Morgan fingerprint density at radius 1 is 1.22 bits per heavy atom. The number of hydrogen-bond donors (Lipinski definition) is 1. The van der Waals surface area contributed by atoms with Crippen molar-refractivity contribution in [3.8, 4) is 11.4 Å². The Kier molecular flexibility index (Phi) is 3.49. The Balaban J connectivity index is 2.57. The summed E-state index contributed by atoms with van der Waals surface area (Å²) in [7, 11) is 0. The van der Waals surface area contributed by atoms with Gasteiger partial charge in [-0.15, -0.1) is 11.6 Å². The van der Waals surface area contributed by atoms with Crippen molar-refractivity contribution in [2.45, 2.75) is 39.0 Å². The Morgan fingerprint density at radius 2 is 1.89 bits per heavy atom. The predicted octanol–water partition coefficient (Wildman–Crippen LogP) is 4.42. The number of aryl methyl sites for hydroxylation is 1. The average Bonchev–Trinajstić information content (AvgIpc) is 2.69. The van der Waals surface area contributed by atoms with Gasteiger partial charge in [0.2, 0.25) is 0 Å². The molecule has 0 fully saturated rings. The van der Waals surface area contributed by atoms with Crippen molar-refractivity contribution in [1.29, 1.82) is 0 Å². The van der Waals surface area contributed by atoms with Crippen LogP contribution in [0.15, 0.2) is 24.3 Å². The molecule has 2 nitrogen and oxygen atoms in total. The first-order chi connectivity index (χ1) is 8.43. The predicted molar refractivity (Wildman–Crippen MR) is 77.0 cm³/mol. The van der Waals surface area contributed by atoms with Crippen LogP contribution in [-0.2, 0) is 11.3 Å². The minimum atomic E-state index is 0.0957. The number of nitrogens with one attached hydrogen (secondary N) is 1. The lowest BCUT2D eigenvalue weighted by Gasteiger charge is -2.21. The van der Waals surface area contributed by atoms with E-state index in [0.717, 1.165) is 22.8 Å². The molecule has 0 amide bonds. The summed E-state index contributed by atoms with van der Waals surface area (Å²) in [6, 6.07) is 8.38. The molecule has 1 N–H and O–H groups in total. The van der Waals surface area contributed by atoms with Crippen LogP contribution in [0.25, 0.3) is 11.4 Å². The zero-order chi connectivity index (χ0) is 13.3. The molecule has 0 spiro atoms. The van der Waals surface area contributed by atoms with Gasteiger partial charge in [-0.25, -0.2) is 4.98 Å². The van der Waals surface area contributed by atoms with Crippen molar-refractivity contribution in [3.63, 3.8) is 0 Å². The molecular weight excluding hydrogens is 244 g/mol. The number of imidazole rings is 1. The molecule has 0 atom stereocenters. The van der Waals surface area contributed by atoms with E-state index in [9.17, 15) is 0 Å². The Morgan fingerprint density at radius 3 is 2.44 bits per heavy atom. The summed E-state index contributed by atoms with van der Waals surface area (Å²) in [4.78, 5) is 7.91. The van der Waals surface area contributed by atoms with Crippen molar-refractivity contribution >= 4 is 11.6 Å². The van der Waals surface area contributed by atoms with Crippen LogP contribution in [0, 0.1) is 6.92 Å². The van der Waals surface area contributed by atoms with Gasteiger partial charge in [0.25, 0.3) is 0 Å². The molecule has 1 heterocycles. The van der Waals surface area contributed by atoms with E-state index in [-0.39, 0.29) is 5.41 Å². The minimum Gasteiger partial charge on any atom is -0.342 e. The highest BCUT2D eigenvalue weighted by molar-refractivity contribution is 6.17. The molecule has 0 radical (unpaired) electrons. The van der Waals surface area contributed by atoms with Gasteiger partial charge in [-0.2, -0.15) is 0 Å². The quantitative estimate of drug-likeness (QED) is 0.798. The summed E-state index contributed by atoms with van der Waals surface area (Å²) in [6.45, 7) is 8.65. The summed E-state index contributed by atoms with van der Waals surface area (Å²) in [5, 5.41) is 0. The third kappa shape index (κ3) is 2.44. The fourth-order valence-corrected chi connectivity index (χ4v) is 2.36. The van der Waals surface area contributed by atoms with E-state index in [1.807, 2.05) is 13.0 Å². The van der Waals surface area contributed by atoms with Gasteiger partial charge in [0, 0.05) is 11.3 Å². The van der Waals surface area contributed by atoms with Gasteiger partial charge in [-0.05, 0) is 17.9 Å². The molecule has 0 aliphatic carbocycles. The van der Waals surface area contributed by atoms with E-state index >= 15 is 0 Å². The molecule has 18 heavy (non-hydrogen) atoms. The second-order valence-electron chi connectivity index (χ2n) is 5.59. The molecule has 0 bridgehead atoms. The van der Waals surface area contributed by atoms with Crippen molar-refractivity contribution in [2.75, 3.05) is 0 Å². The maximum absolute atomic E-state index is 5.88. The third-order valence-electron chi connectivity index (χ3n) is 3.10. The highest BCUT2D eigenvalue weighted by Gasteiger charge is 2.20. The minimum absolute atomic E-state index is 0.0957. The fraction of sp³-hybridized carbons (Fsp3) is 0.400. The third-order valence-corrected chi connectivity index (χ3v) is 3.36. The summed E-state index contributed by atoms with van der Waals surface area (Å²) in [5.41, 5.74) is 4.52. The summed E-state index contributed by atoms with van der Waals surface area (Å²) in [6.07, 6.45) is 0. The van der Waals surface area contributed by atoms with Crippen LogP contribution in [0.3, 0.4) is 0 Å². The number of hydrogen-bond acceptors (Lipinski definition) is 1. The van der Waals surface area contributed by atoms with E-state index < -0.39 is 0 Å². The largest absolute Gasteiger partial charge is 0.342 e. The second-order valence-corrected chi connectivity index (χ2v) is 5.85. The lowest BCUT2D eigenvalue weighted by molar-refractivity contribution is 0.591. The van der Waals surface area contributed by atoms with Crippen LogP contribution in [0.4, 0.5) is 0 Å². The monoisotopic (exact) mass is 262 g/mol. The molecule has 0 saturated carbocycles. The molecular formula is C15H19ClN2. The molecule has 0 aliphatic rings. The van der Waals surface area contributed by atoms with Crippen LogP contribution in [0.2, 0.25) is 0 Å². The first-order valence-corrected chi connectivity index (χ1v) is 6.68. The maximum Gasteiger partial charge on any atom is 0.138 e. The Bertz CT molecular complexity index is 550. The molecule has 2 rings (SSSR count). The van der Waals surface area contributed by atoms with E-state index in [1.165, 1.54) is 5.56 Å². The standard InChI is InChI=1S/C15H19ClN2/c1-10-13(9-16)18-14(17-10)11-7-5-6-8-12(11)15(2,3)4/h5-8H,9H2,1-4H3,(H,17,18).